The molecule has 1 heterocycles. The highest BCUT2D eigenvalue weighted by Gasteiger charge is 2.39. The molecule has 0 unspecified atom stereocenters. The van der Waals surface area contributed by atoms with Crippen LogP contribution in [0.4, 0.5) is 4.79 Å². The molecule has 1 aromatic carbocycles. The molecule has 5 heteroatoms. The first-order valence-corrected chi connectivity index (χ1v) is 8.85. The number of carbonyl (C=O) groups is 2. The predicted octanol–water partition coefficient (Wildman–Crippen LogP) is 3.78. The number of ether oxygens (including phenoxy) is 1. The zero-order chi connectivity index (χ0) is 15.9. The molecule has 0 N–H and O–H groups in total. The van der Waals surface area contributed by atoms with Crippen molar-refractivity contribution in [3.8, 4) is 0 Å². The van der Waals surface area contributed by atoms with Gasteiger partial charge in [0.2, 0.25) is 5.91 Å². The van der Waals surface area contributed by atoms with Crippen LogP contribution < -0.4 is 0 Å². The number of alkyl halides is 1. The normalized spacial score (nSPS) is 19.1. The van der Waals surface area contributed by atoms with Crippen LogP contribution >= 0.6 is 15.9 Å². The van der Waals surface area contributed by atoms with E-state index in [1.807, 2.05) is 37.3 Å². The molecule has 0 bridgehead atoms. The molecule has 22 heavy (non-hydrogen) atoms. The molecular formula is C17H22BrNO3. The summed E-state index contributed by atoms with van der Waals surface area (Å²) < 4.78 is 5.11. The molecular weight excluding hydrogens is 346 g/mol. The highest BCUT2D eigenvalue weighted by atomic mass is 79.9. The first-order chi connectivity index (χ1) is 10.6. The van der Waals surface area contributed by atoms with Gasteiger partial charge in [-0.1, -0.05) is 59.6 Å². The molecule has 0 aromatic heterocycles. The lowest BCUT2D eigenvalue weighted by Gasteiger charge is -2.23. The van der Waals surface area contributed by atoms with E-state index in [9.17, 15) is 9.59 Å². The Hall–Kier alpha value is -1.36. The van der Waals surface area contributed by atoms with Crippen LogP contribution in [-0.2, 0) is 16.0 Å². The Morgan fingerprint density at radius 1 is 1.36 bits per heavy atom. The van der Waals surface area contributed by atoms with Crippen molar-refractivity contribution in [3.63, 3.8) is 0 Å². The number of benzene rings is 1. The van der Waals surface area contributed by atoms with E-state index >= 15 is 0 Å². The highest BCUT2D eigenvalue weighted by molar-refractivity contribution is 9.09. The molecule has 4 nitrogen and oxygen atoms in total. The van der Waals surface area contributed by atoms with Gasteiger partial charge in [-0.15, -0.1) is 0 Å². The van der Waals surface area contributed by atoms with Gasteiger partial charge < -0.3 is 4.74 Å². The number of halogens is 1. The zero-order valence-electron chi connectivity index (χ0n) is 12.8. The van der Waals surface area contributed by atoms with Crippen molar-refractivity contribution in [3.05, 3.63) is 35.9 Å². The molecule has 2 rings (SSSR count). The number of hydrogen-bond donors (Lipinski definition) is 0. The predicted molar refractivity (Wildman–Crippen MR) is 88.9 cm³/mol. The fourth-order valence-electron chi connectivity index (χ4n) is 2.67. The summed E-state index contributed by atoms with van der Waals surface area (Å²) in [5.74, 6) is -0.263. The van der Waals surface area contributed by atoms with Gasteiger partial charge in [0.25, 0.3) is 0 Å². The molecule has 1 aliphatic rings. The molecule has 1 aliphatic heterocycles. The Bertz CT molecular complexity index is 506. The van der Waals surface area contributed by atoms with Gasteiger partial charge in [0.1, 0.15) is 6.61 Å². The van der Waals surface area contributed by atoms with Gasteiger partial charge in [-0.25, -0.2) is 9.69 Å². The van der Waals surface area contributed by atoms with Gasteiger partial charge in [0.15, 0.2) is 0 Å². The summed E-state index contributed by atoms with van der Waals surface area (Å²) in [6, 6.07) is 9.69. The lowest BCUT2D eigenvalue weighted by Crippen LogP contribution is -2.43. The number of unbranched alkanes of at least 4 members (excludes halogenated alkanes) is 1. The van der Waals surface area contributed by atoms with Crippen LogP contribution in [0.15, 0.2) is 30.3 Å². The summed E-state index contributed by atoms with van der Waals surface area (Å²) >= 11 is 3.39. The lowest BCUT2D eigenvalue weighted by molar-refractivity contribution is -0.133. The zero-order valence-corrected chi connectivity index (χ0v) is 14.4. The van der Waals surface area contributed by atoms with Crippen LogP contribution in [0.5, 0.6) is 0 Å². The Kier molecular flexibility index (Phi) is 6.43. The third kappa shape index (κ3) is 4.32. The van der Waals surface area contributed by atoms with Crippen molar-refractivity contribution in [1.29, 1.82) is 0 Å². The first-order valence-electron chi connectivity index (χ1n) is 7.73. The van der Waals surface area contributed by atoms with Crippen LogP contribution in [0.25, 0.3) is 0 Å². The van der Waals surface area contributed by atoms with Crippen molar-refractivity contribution in [2.75, 3.05) is 11.9 Å². The summed E-state index contributed by atoms with van der Waals surface area (Å²) in [4.78, 5) is 25.8. The van der Waals surface area contributed by atoms with Gasteiger partial charge >= 0.3 is 6.09 Å². The Labute approximate surface area is 140 Å². The number of amides is 2. The van der Waals surface area contributed by atoms with Crippen molar-refractivity contribution in [2.24, 2.45) is 5.92 Å². The summed E-state index contributed by atoms with van der Waals surface area (Å²) in [7, 11) is 0. The summed E-state index contributed by atoms with van der Waals surface area (Å²) in [6.45, 7) is 2.18. The molecule has 1 saturated heterocycles. The maximum atomic E-state index is 12.6. The minimum atomic E-state index is -0.502. The number of nitrogens with zero attached hydrogens (tertiary/aromatic N) is 1. The van der Waals surface area contributed by atoms with Gasteiger partial charge in [-0.05, 0) is 24.8 Å². The Balaban J connectivity index is 1.99. The van der Waals surface area contributed by atoms with Crippen molar-refractivity contribution < 1.29 is 14.3 Å². The van der Waals surface area contributed by atoms with E-state index in [2.05, 4.69) is 15.9 Å². The number of cyclic esters (lactones) is 1. The average molecular weight is 368 g/mol. The van der Waals surface area contributed by atoms with E-state index in [-0.39, 0.29) is 24.5 Å². The largest absolute Gasteiger partial charge is 0.447 e. The fourth-order valence-corrected chi connectivity index (χ4v) is 3.07. The number of imide groups is 1. The van der Waals surface area contributed by atoms with Crippen LogP contribution in [0.3, 0.4) is 0 Å². The van der Waals surface area contributed by atoms with Crippen LogP contribution in [0.1, 0.15) is 31.7 Å². The first kappa shape index (κ1) is 17.0. The van der Waals surface area contributed by atoms with E-state index in [0.717, 1.165) is 30.2 Å². The Morgan fingerprint density at radius 2 is 2.09 bits per heavy atom. The molecule has 2 atom stereocenters. The van der Waals surface area contributed by atoms with Crippen molar-refractivity contribution in [2.45, 2.75) is 38.6 Å². The van der Waals surface area contributed by atoms with Crippen molar-refractivity contribution >= 4 is 27.9 Å². The number of hydrogen-bond acceptors (Lipinski definition) is 3. The fraction of sp³-hybridized carbons (Fsp3) is 0.529. The lowest BCUT2D eigenvalue weighted by atomic mass is 10.0. The topological polar surface area (TPSA) is 46.6 Å². The van der Waals surface area contributed by atoms with E-state index in [1.165, 1.54) is 4.90 Å². The third-order valence-electron chi connectivity index (χ3n) is 3.95. The van der Waals surface area contributed by atoms with E-state index < -0.39 is 6.09 Å². The van der Waals surface area contributed by atoms with E-state index in [0.29, 0.717) is 6.42 Å². The SMILES string of the molecule is C[C@@H](CCCCBr)C(=O)N1C(=O)OC[C@@H]1Cc1ccccc1. The second kappa shape index (κ2) is 8.32. The average Bonchev–Trinajstić information content (AvgIpc) is 2.88. The molecule has 1 fully saturated rings. The molecule has 1 aromatic rings. The second-order valence-corrected chi connectivity index (χ2v) is 6.51. The molecule has 0 aliphatic carbocycles. The molecule has 0 spiro atoms. The smallest absolute Gasteiger partial charge is 0.416 e. The number of rotatable bonds is 7. The van der Waals surface area contributed by atoms with Crippen LogP contribution in [-0.4, -0.2) is 34.9 Å². The van der Waals surface area contributed by atoms with Gasteiger partial charge in [-0.3, -0.25) is 4.79 Å². The maximum absolute atomic E-state index is 12.6. The van der Waals surface area contributed by atoms with Crippen LogP contribution in [0.2, 0.25) is 0 Å². The van der Waals surface area contributed by atoms with Gasteiger partial charge in [0, 0.05) is 11.2 Å². The number of carbonyl (C=O) groups excluding carboxylic acids is 2. The maximum Gasteiger partial charge on any atom is 0.416 e. The van der Waals surface area contributed by atoms with E-state index in [4.69, 9.17) is 4.74 Å². The standard InChI is InChI=1S/C17H22BrNO3/c1-13(7-5-6-10-18)16(20)19-15(12-22-17(19)21)11-14-8-3-2-4-9-14/h2-4,8-9,13,15H,5-7,10-12H2,1H3/t13-,15-/m0/s1. The second-order valence-electron chi connectivity index (χ2n) is 5.71. The monoisotopic (exact) mass is 367 g/mol. The summed E-state index contributed by atoms with van der Waals surface area (Å²) in [5.41, 5.74) is 1.11. The van der Waals surface area contributed by atoms with Gasteiger partial charge in [-0.2, -0.15) is 0 Å². The van der Waals surface area contributed by atoms with Crippen molar-refractivity contribution in [1.82, 2.24) is 4.90 Å². The molecule has 0 saturated carbocycles. The summed E-state index contributed by atoms with van der Waals surface area (Å²) in [6.07, 6.45) is 2.96. The van der Waals surface area contributed by atoms with E-state index in [1.54, 1.807) is 0 Å². The highest BCUT2D eigenvalue weighted by Crippen LogP contribution is 2.22. The summed E-state index contributed by atoms with van der Waals surface area (Å²) in [5, 5.41) is 0.941. The minimum Gasteiger partial charge on any atom is -0.447 e. The molecule has 0 radical (unpaired) electrons. The molecule has 120 valence electrons. The quantitative estimate of drug-likeness (QED) is 0.544. The Morgan fingerprint density at radius 3 is 2.77 bits per heavy atom. The minimum absolute atomic E-state index is 0.113. The van der Waals surface area contributed by atoms with Gasteiger partial charge in [0.05, 0.1) is 6.04 Å². The van der Waals surface area contributed by atoms with Crippen LogP contribution in [0, 0.1) is 5.92 Å². The third-order valence-corrected chi connectivity index (χ3v) is 4.52. The molecule has 2 amide bonds.